The van der Waals surface area contributed by atoms with Gasteiger partial charge in [-0.2, -0.15) is 0 Å². The molecule has 1 aromatic rings. The van der Waals surface area contributed by atoms with E-state index in [0.717, 1.165) is 0 Å². The van der Waals surface area contributed by atoms with Crippen LogP contribution >= 0.6 is 0 Å². The number of aryl methyl sites for hydroxylation is 1. The minimum atomic E-state index is 0.466. The summed E-state index contributed by atoms with van der Waals surface area (Å²) in [4.78, 5) is 0. The number of rotatable bonds is 9. The fourth-order valence-corrected chi connectivity index (χ4v) is 3.67. The van der Waals surface area contributed by atoms with Gasteiger partial charge < -0.3 is 0 Å². The van der Waals surface area contributed by atoms with Crippen LogP contribution in [0.15, 0.2) is 12.1 Å². The molecule has 1 heteroatoms. The summed E-state index contributed by atoms with van der Waals surface area (Å²) in [5, 5.41) is 0. The van der Waals surface area contributed by atoms with Gasteiger partial charge in [-0.1, -0.05) is 0 Å². The summed E-state index contributed by atoms with van der Waals surface area (Å²) in [7, 11) is 0. The Hall–Kier alpha value is -0.421. The van der Waals surface area contributed by atoms with Crippen molar-refractivity contribution < 1.29 is 0 Å². The van der Waals surface area contributed by atoms with Crippen LogP contribution in [0, 0.1) is 9.86 Å². The molecule has 116 valence electrons. The summed E-state index contributed by atoms with van der Waals surface area (Å²) in [6.45, 7) is 6.86. The van der Waals surface area contributed by atoms with Gasteiger partial charge in [0, 0.05) is 0 Å². The van der Waals surface area contributed by atoms with Crippen LogP contribution in [0.25, 0.3) is 0 Å². The molecule has 1 aromatic carbocycles. The van der Waals surface area contributed by atoms with E-state index in [9.17, 15) is 0 Å². The molecule has 0 aromatic heterocycles. The van der Waals surface area contributed by atoms with Gasteiger partial charge in [-0.3, -0.25) is 0 Å². The van der Waals surface area contributed by atoms with E-state index in [4.69, 9.17) is 0 Å². The molecule has 0 bridgehead atoms. The van der Waals surface area contributed by atoms with Gasteiger partial charge in [-0.05, 0) is 0 Å². The van der Waals surface area contributed by atoms with Crippen LogP contribution in [0.4, 0.5) is 0 Å². The second kappa shape index (κ2) is 11.2. The van der Waals surface area contributed by atoms with E-state index in [1.54, 1.807) is 16.7 Å². The third-order valence-electron chi connectivity index (χ3n) is 4.15. The van der Waals surface area contributed by atoms with Crippen LogP contribution in [-0.4, -0.2) is 22.5 Å². The molecule has 0 spiro atoms. The Balaban J connectivity index is 3.20. The molecule has 0 unspecified atom stereocenters. The van der Waals surface area contributed by atoms with E-state index < -0.39 is 0 Å². The molecule has 0 aliphatic rings. The van der Waals surface area contributed by atoms with Gasteiger partial charge in [0.25, 0.3) is 0 Å². The summed E-state index contributed by atoms with van der Waals surface area (Å²) in [6, 6.07) is 4.67. The predicted octanol–water partition coefficient (Wildman–Crippen LogP) is 4.39. The summed E-state index contributed by atoms with van der Waals surface area (Å²) in [5.74, 6) is 3.43. The van der Waals surface area contributed by atoms with Crippen LogP contribution in [0.5, 0.6) is 0 Å². The van der Waals surface area contributed by atoms with Crippen molar-refractivity contribution in [2.75, 3.05) is 0 Å². The zero-order valence-electron chi connectivity index (χ0n) is 14.5. The van der Waals surface area contributed by atoms with Gasteiger partial charge in [-0.25, -0.2) is 0 Å². The van der Waals surface area contributed by atoms with Gasteiger partial charge in [0.05, 0.1) is 0 Å². The van der Waals surface area contributed by atoms with E-state index >= 15 is 0 Å². The van der Waals surface area contributed by atoms with Gasteiger partial charge in [0.15, 0.2) is 0 Å². The molecule has 0 aliphatic carbocycles. The first-order valence-corrected chi connectivity index (χ1v) is 11.7. The third-order valence-corrected chi connectivity index (χ3v) is 4.86. The number of benzene rings is 1. The van der Waals surface area contributed by atoms with Gasteiger partial charge >= 0.3 is 145 Å². The van der Waals surface area contributed by atoms with Gasteiger partial charge in [0.1, 0.15) is 0 Å². The topological polar surface area (TPSA) is 0 Å². The van der Waals surface area contributed by atoms with E-state index in [1.807, 2.05) is 0 Å². The zero-order valence-corrected chi connectivity index (χ0v) is 20.2. The Bertz CT molecular complexity index is 477. The number of hydrogen-bond acceptors (Lipinski definition) is 0. The van der Waals surface area contributed by atoms with Crippen molar-refractivity contribution in [2.24, 2.45) is 0 Å². The molecule has 0 heterocycles. The van der Waals surface area contributed by atoms with Gasteiger partial charge in [-0.15, -0.1) is 0 Å². The van der Waals surface area contributed by atoms with Crippen LogP contribution in [0.2, 0.25) is 0 Å². The molecule has 1 rings (SSSR count). The van der Waals surface area contributed by atoms with Crippen LogP contribution in [-0.2, 0) is 19.3 Å². The van der Waals surface area contributed by atoms with Crippen molar-refractivity contribution >= 4 is 22.5 Å². The first kappa shape index (κ1) is 18.6. The van der Waals surface area contributed by atoms with Crippen molar-refractivity contribution in [2.45, 2.75) is 78.6 Å². The van der Waals surface area contributed by atoms with Crippen molar-refractivity contribution in [1.29, 1.82) is 0 Å². The second-order valence-corrected chi connectivity index (χ2v) is 7.34. The molecule has 0 aliphatic heterocycles. The molecule has 0 N–H and O–H groups in total. The second-order valence-electron chi connectivity index (χ2n) is 5.92. The fraction of sp³-hybridized carbons (Fsp3) is 0.600. The van der Waals surface area contributed by atoms with Crippen molar-refractivity contribution in [3.8, 4) is 9.86 Å². The third kappa shape index (κ3) is 6.07. The summed E-state index contributed by atoms with van der Waals surface area (Å²) in [6.07, 6.45) is 11.4. The van der Waals surface area contributed by atoms with Crippen LogP contribution < -0.4 is 0 Å². The quantitative estimate of drug-likeness (QED) is 0.433. The first-order chi connectivity index (χ1) is 10.3. The van der Waals surface area contributed by atoms with Crippen molar-refractivity contribution in [1.82, 2.24) is 0 Å². The average Bonchev–Trinajstić information content (AvgIpc) is 2.50. The number of hydrogen-bond donors (Lipinski definition) is 0. The molecular weight excluding hydrogens is 359 g/mol. The maximum absolute atomic E-state index is 3.43. The van der Waals surface area contributed by atoms with E-state index in [-0.39, 0.29) is 0 Å². The standard InChI is InChI=1S/C20H29.Sn.3H/c1-5-9-12-18-16-15-17(8-4)19(13-10-6-2)20(18)14-11-7-3;;;;/h15-16H,5-7,9-14H2,1-3H3;;;;. The Morgan fingerprint density at radius 1 is 0.810 bits per heavy atom. The molecule has 0 atom stereocenters. The van der Waals surface area contributed by atoms with Crippen molar-refractivity contribution in [3.63, 3.8) is 0 Å². The monoisotopic (exact) mass is 392 g/mol. The summed E-state index contributed by atoms with van der Waals surface area (Å²) < 4.78 is 3.31. The summed E-state index contributed by atoms with van der Waals surface area (Å²) in [5.41, 5.74) is 6.16. The number of unbranched alkanes of at least 4 members (excludes halogenated alkanes) is 3. The molecular formula is C20H32Sn. The Labute approximate surface area is 145 Å². The van der Waals surface area contributed by atoms with Crippen LogP contribution in [0.3, 0.4) is 0 Å². The Kier molecular flexibility index (Phi) is 9.92. The Morgan fingerprint density at radius 3 is 1.95 bits per heavy atom. The Morgan fingerprint density at radius 2 is 1.38 bits per heavy atom. The van der Waals surface area contributed by atoms with E-state index in [1.165, 1.54) is 63.4 Å². The molecule has 0 saturated heterocycles. The normalized spacial score (nSPS) is 10.4. The van der Waals surface area contributed by atoms with Crippen molar-refractivity contribution in [3.05, 3.63) is 34.4 Å². The zero-order chi connectivity index (χ0) is 15.5. The minimum absolute atomic E-state index is 0.466. The summed E-state index contributed by atoms with van der Waals surface area (Å²) >= 11 is 0.466. The maximum atomic E-state index is 3.43. The van der Waals surface area contributed by atoms with E-state index in [2.05, 4.69) is 42.8 Å². The van der Waals surface area contributed by atoms with E-state index in [0.29, 0.717) is 22.5 Å². The molecule has 21 heavy (non-hydrogen) atoms. The first-order valence-electron chi connectivity index (χ1n) is 8.84. The van der Waals surface area contributed by atoms with Gasteiger partial charge in [0.2, 0.25) is 0 Å². The molecule has 0 amide bonds. The average molecular weight is 391 g/mol. The molecule has 0 fully saturated rings. The predicted molar refractivity (Wildman–Crippen MR) is 99.1 cm³/mol. The SMILES string of the molecule is CCCCc1ccc(C#[C][SnH3])c(CCCC)c1CCCC. The van der Waals surface area contributed by atoms with Crippen LogP contribution in [0.1, 0.15) is 81.5 Å². The molecule has 0 radical (unpaired) electrons. The molecule has 0 nitrogen and oxygen atoms in total. The fourth-order valence-electron chi connectivity index (χ4n) is 2.90. The molecule has 0 saturated carbocycles.